The van der Waals surface area contributed by atoms with Crippen LogP contribution in [0.1, 0.15) is 38.5 Å². The zero-order valence-electron chi connectivity index (χ0n) is 9.96. The molecular weight excluding hydrogens is 222 g/mol. The number of carbonyl (C=O) groups excluding carboxylic acids is 1. The normalized spacial score (nSPS) is 25.6. The van der Waals surface area contributed by atoms with E-state index in [9.17, 15) is 4.79 Å². The van der Waals surface area contributed by atoms with Gasteiger partial charge in [0.25, 0.3) is 0 Å². The minimum Gasteiger partial charge on any atom is -0.468 e. The van der Waals surface area contributed by atoms with Gasteiger partial charge < -0.3 is 4.74 Å². The molecule has 2 fully saturated rings. The summed E-state index contributed by atoms with van der Waals surface area (Å²) in [5, 5.41) is 3.59. The summed E-state index contributed by atoms with van der Waals surface area (Å²) in [5.41, 5.74) is -0.380. The number of hydrogen-bond donors (Lipinski definition) is 1. The highest BCUT2D eigenvalue weighted by molar-refractivity contribution is 7.99. The number of hydrogen-bond acceptors (Lipinski definition) is 4. The van der Waals surface area contributed by atoms with E-state index in [4.69, 9.17) is 4.74 Å². The van der Waals surface area contributed by atoms with Crippen molar-refractivity contribution >= 4 is 17.7 Å². The Morgan fingerprint density at radius 3 is 2.50 bits per heavy atom. The number of nitrogens with one attached hydrogen (secondary N) is 1. The van der Waals surface area contributed by atoms with E-state index in [2.05, 4.69) is 5.32 Å². The SMILES string of the molecule is COC(=O)C1(NC2CCCC2)CCSCC1. The minimum absolute atomic E-state index is 0.0558. The first-order valence-corrected chi connectivity index (χ1v) is 7.36. The lowest BCUT2D eigenvalue weighted by atomic mass is 9.91. The summed E-state index contributed by atoms with van der Waals surface area (Å²) in [6.07, 6.45) is 6.85. The van der Waals surface area contributed by atoms with Crippen molar-refractivity contribution in [3.05, 3.63) is 0 Å². The third kappa shape index (κ3) is 2.54. The highest BCUT2D eigenvalue weighted by Gasteiger charge is 2.42. The standard InChI is InChI=1S/C12H21NO2S/c1-15-11(14)12(6-8-16-9-7-12)13-10-4-2-3-5-10/h10,13H,2-9H2,1H3. The molecule has 0 aromatic heterocycles. The largest absolute Gasteiger partial charge is 0.468 e. The Balaban J connectivity index is 2.03. The lowest BCUT2D eigenvalue weighted by Crippen LogP contribution is -2.57. The summed E-state index contributed by atoms with van der Waals surface area (Å²) in [5.74, 6) is 2.07. The van der Waals surface area contributed by atoms with E-state index in [0.29, 0.717) is 6.04 Å². The molecule has 16 heavy (non-hydrogen) atoms. The highest BCUT2D eigenvalue weighted by Crippen LogP contribution is 2.31. The molecule has 1 aliphatic heterocycles. The van der Waals surface area contributed by atoms with Gasteiger partial charge in [0.1, 0.15) is 5.54 Å². The smallest absolute Gasteiger partial charge is 0.326 e. The third-order valence-electron chi connectivity index (χ3n) is 3.76. The van der Waals surface area contributed by atoms with Gasteiger partial charge in [-0.1, -0.05) is 12.8 Å². The van der Waals surface area contributed by atoms with E-state index in [1.807, 2.05) is 11.8 Å². The van der Waals surface area contributed by atoms with Crippen molar-refractivity contribution < 1.29 is 9.53 Å². The van der Waals surface area contributed by atoms with Crippen molar-refractivity contribution in [3.8, 4) is 0 Å². The van der Waals surface area contributed by atoms with Crippen LogP contribution in [0.25, 0.3) is 0 Å². The number of esters is 1. The fourth-order valence-electron chi connectivity index (χ4n) is 2.78. The summed E-state index contributed by atoms with van der Waals surface area (Å²) in [6, 6.07) is 0.530. The molecule has 0 atom stereocenters. The number of methoxy groups -OCH3 is 1. The van der Waals surface area contributed by atoms with Crippen LogP contribution in [0.15, 0.2) is 0 Å². The molecule has 0 aromatic rings. The Labute approximate surface area is 102 Å². The number of rotatable bonds is 3. The fourth-order valence-corrected chi connectivity index (χ4v) is 3.97. The molecule has 2 rings (SSSR count). The maximum Gasteiger partial charge on any atom is 0.326 e. The van der Waals surface area contributed by atoms with E-state index in [1.54, 1.807) is 0 Å². The van der Waals surface area contributed by atoms with Crippen LogP contribution in [-0.4, -0.2) is 36.2 Å². The second-order valence-electron chi connectivity index (χ2n) is 4.81. The summed E-state index contributed by atoms with van der Waals surface area (Å²) in [6.45, 7) is 0. The van der Waals surface area contributed by atoms with Crippen LogP contribution in [-0.2, 0) is 9.53 Å². The van der Waals surface area contributed by atoms with Gasteiger partial charge in [-0.2, -0.15) is 11.8 Å². The van der Waals surface area contributed by atoms with Crippen LogP contribution < -0.4 is 5.32 Å². The van der Waals surface area contributed by atoms with Gasteiger partial charge in [0.05, 0.1) is 7.11 Å². The van der Waals surface area contributed by atoms with Crippen LogP contribution in [0.5, 0.6) is 0 Å². The van der Waals surface area contributed by atoms with Crippen molar-refractivity contribution in [1.29, 1.82) is 0 Å². The van der Waals surface area contributed by atoms with Crippen molar-refractivity contribution in [2.24, 2.45) is 0 Å². The molecule has 4 heteroatoms. The summed E-state index contributed by atoms with van der Waals surface area (Å²) < 4.78 is 4.99. The monoisotopic (exact) mass is 243 g/mol. The molecule has 1 N–H and O–H groups in total. The van der Waals surface area contributed by atoms with E-state index in [-0.39, 0.29) is 11.5 Å². The van der Waals surface area contributed by atoms with E-state index < -0.39 is 0 Å². The number of ether oxygens (including phenoxy) is 1. The minimum atomic E-state index is -0.380. The van der Waals surface area contributed by atoms with E-state index >= 15 is 0 Å². The van der Waals surface area contributed by atoms with Gasteiger partial charge in [-0.05, 0) is 37.2 Å². The van der Waals surface area contributed by atoms with Crippen LogP contribution in [0.3, 0.4) is 0 Å². The zero-order valence-corrected chi connectivity index (χ0v) is 10.8. The second-order valence-corrected chi connectivity index (χ2v) is 6.04. The Bertz CT molecular complexity index is 245. The molecule has 0 radical (unpaired) electrons. The molecule has 0 amide bonds. The second kappa shape index (κ2) is 5.41. The molecule has 1 heterocycles. The van der Waals surface area contributed by atoms with E-state index in [0.717, 1.165) is 24.3 Å². The fraction of sp³-hybridized carbons (Fsp3) is 0.917. The molecule has 0 bridgehead atoms. The van der Waals surface area contributed by atoms with Gasteiger partial charge >= 0.3 is 5.97 Å². The Morgan fingerprint density at radius 2 is 1.94 bits per heavy atom. The topological polar surface area (TPSA) is 38.3 Å². The van der Waals surface area contributed by atoms with Crippen LogP contribution in [0.2, 0.25) is 0 Å². The van der Waals surface area contributed by atoms with Gasteiger partial charge in [0.2, 0.25) is 0 Å². The quantitative estimate of drug-likeness (QED) is 0.769. The maximum absolute atomic E-state index is 12.0. The van der Waals surface area contributed by atoms with Gasteiger partial charge in [-0.3, -0.25) is 10.1 Å². The number of thioether (sulfide) groups is 1. The van der Waals surface area contributed by atoms with Gasteiger partial charge in [0, 0.05) is 6.04 Å². The predicted octanol–water partition coefficient (Wildman–Crippen LogP) is 1.96. The molecule has 1 saturated carbocycles. The Hall–Kier alpha value is -0.220. The molecule has 0 unspecified atom stereocenters. The first-order chi connectivity index (χ1) is 7.77. The highest BCUT2D eigenvalue weighted by atomic mass is 32.2. The molecule has 0 aromatic carbocycles. The zero-order chi connectivity index (χ0) is 11.4. The third-order valence-corrected chi connectivity index (χ3v) is 4.74. The first-order valence-electron chi connectivity index (χ1n) is 6.21. The number of carbonyl (C=O) groups is 1. The maximum atomic E-state index is 12.0. The average Bonchev–Trinajstić information content (AvgIpc) is 2.82. The predicted molar refractivity (Wildman–Crippen MR) is 66.7 cm³/mol. The molecule has 92 valence electrons. The lowest BCUT2D eigenvalue weighted by Gasteiger charge is -2.37. The van der Waals surface area contributed by atoms with Crippen molar-refractivity contribution in [2.45, 2.75) is 50.1 Å². The van der Waals surface area contributed by atoms with Crippen LogP contribution in [0.4, 0.5) is 0 Å². The average molecular weight is 243 g/mol. The van der Waals surface area contributed by atoms with Gasteiger partial charge in [-0.25, -0.2) is 0 Å². The van der Waals surface area contributed by atoms with Crippen LogP contribution >= 0.6 is 11.8 Å². The molecule has 1 saturated heterocycles. The Kier molecular flexibility index (Phi) is 4.14. The Morgan fingerprint density at radius 1 is 1.31 bits per heavy atom. The van der Waals surface area contributed by atoms with Crippen LogP contribution in [0, 0.1) is 0 Å². The molecular formula is C12H21NO2S. The lowest BCUT2D eigenvalue weighted by molar-refractivity contribution is -0.149. The molecule has 1 aliphatic carbocycles. The van der Waals surface area contributed by atoms with E-state index in [1.165, 1.54) is 32.8 Å². The van der Waals surface area contributed by atoms with Gasteiger partial charge in [-0.15, -0.1) is 0 Å². The molecule has 3 nitrogen and oxygen atoms in total. The summed E-state index contributed by atoms with van der Waals surface area (Å²) >= 11 is 1.94. The van der Waals surface area contributed by atoms with Gasteiger partial charge in [0.15, 0.2) is 0 Å². The summed E-state index contributed by atoms with van der Waals surface area (Å²) in [4.78, 5) is 12.0. The van der Waals surface area contributed by atoms with Crippen molar-refractivity contribution in [1.82, 2.24) is 5.32 Å². The molecule has 2 aliphatic rings. The molecule has 0 spiro atoms. The van der Waals surface area contributed by atoms with Crippen molar-refractivity contribution in [2.75, 3.05) is 18.6 Å². The first kappa shape index (κ1) is 12.2. The summed E-state index contributed by atoms with van der Waals surface area (Å²) in [7, 11) is 1.50. The van der Waals surface area contributed by atoms with Crippen molar-refractivity contribution in [3.63, 3.8) is 0 Å².